The van der Waals surface area contributed by atoms with Gasteiger partial charge in [-0.1, -0.05) is 0 Å². The third kappa shape index (κ3) is 4.26. The molecule has 1 aliphatic heterocycles. The molecule has 9 nitrogen and oxygen atoms in total. The zero-order valence-electron chi connectivity index (χ0n) is 20.0. The molecule has 0 unspecified atom stereocenters. The summed E-state index contributed by atoms with van der Waals surface area (Å²) in [4.78, 5) is 24.3. The number of hydrogen-bond acceptors (Lipinski definition) is 8. The molecule has 0 atom stereocenters. The first kappa shape index (κ1) is 22.1. The van der Waals surface area contributed by atoms with E-state index in [1.807, 2.05) is 59.8 Å². The minimum atomic E-state index is -0.754. The van der Waals surface area contributed by atoms with Gasteiger partial charge in [0, 0.05) is 31.9 Å². The van der Waals surface area contributed by atoms with Crippen molar-refractivity contribution in [3.63, 3.8) is 0 Å². The number of anilines is 3. The maximum absolute atomic E-state index is 13.6. The summed E-state index contributed by atoms with van der Waals surface area (Å²) in [7, 11) is 1.97. The number of alkyl halides is 1. The molecular formula is C26H25FN8O. The summed E-state index contributed by atoms with van der Waals surface area (Å²) in [5.41, 5.74) is 5.00. The number of benzene rings is 2. The molecule has 0 saturated carbocycles. The van der Waals surface area contributed by atoms with Crippen LogP contribution in [0.2, 0.25) is 0 Å². The largest absolute Gasteiger partial charge is 0.457 e. The van der Waals surface area contributed by atoms with E-state index in [9.17, 15) is 4.39 Å². The number of halogens is 1. The van der Waals surface area contributed by atoms with Gasteiger partial charge in [-0.3, -0.25) is 0 Å². The maximum atomic E-state index is 13.6. The van der Waals surface area contributed by atoms with E-state index in [-0.39, 0.29) is 0 Å². The van der Waals surface area contributed by atoms with Gasteiger partial charge in [-0.05, 0) is 55.7 Å². The molecule has 5 aromatic rings. The second-order valence-corrected chi connectivity index (χ2v) is 9.00. The van der Waals surface area contributed by atoms with Crippen molar-refractivity contribution in [3.05, 3.63) is 60.8 Å². The fraction of sp³-hybridized carbons (Fsp3) is 0.269. The first-order valence-corrected chi connectivity index (χ1v) is 11.9. The number of rotatable bonds is 5. The second-order valence-electron chi connectivity index (χ2n) is 9.00. The summed E-state index contributed by atoms with van der Waals surface area (Å²) in [6.45, 7) is 3.18. The van der Waals surface area contributed by atoms with Crippen molar-refractivity contribution in [1.29, 1.82) is 0 Å². The van der Waals surface area contributed by atoms with E-state index >= 15 is 0 Å². The number of aryl methyl sites for hydroxylation is 2. The topological polar surface area (TPSA) is 93.9 Å². The number of fused-ring (bicyclic) bond motifs is 2. The van der Waals surface area contributed by atoms with E-state index < -0.39 is 6.17 Å². The summed E-state index contributed by atoms with van der Waals surface area (Å²) in [5.74, 6) is 2.63. The number of imidazole rings is 1. The highest BCUT2D eigenvalue weighted by Gasteiger charge is 2.21. The molecule has 0 spiro atoms. The molecule has 1 saturated heterocycles. The number of nitrogens with one attached hydrogen (secondary N) is 1. The Hall–Kier alpha value is -4.34. The average Bonchev–Trinajstić information content (AvgIpc) is 3.26. The highest BCUT2D eigenvalue weighted by molar-refractivity contribution is 5.87. The van der Waals surface area contributed by atoms with Crippen LogP contribution in [0, 0.1) is 6.92 Å². The van der Waals surface area contributed by atoms with Gasteiger partial charge in [0.05, 0.1) is 23.6 Å². The number of hydrogen-bond donors (Lipinski definition) is 1. The molecule has 2 aromatic carbocycles. The Kier molecular flexibility index (Phi) is 5.55. The van der Waals surface area contributed by atoms with Crippen LogP contribution in [0.25, 0.3) is 22.1 Å². The Balaban J connectivity index is 1.24. The van der Waals surface area contributed by atoms with Crippen molar-refractivity contribution in [2.24, 2.45) is 7.05 Å². The van der Waals surface area contributed by atoms with Crippen molar-refractivity contribution in [3.8, 4) is 11.5 Å². The monoisotopic (exact) mass is 484 g/mol. The molecule has 1 aliphatic rings. The Morgan fingerprint density at radius 2 is 1.86 bits per heavy atom. The van der Waals surface area contributed by atoms with Gasteiger partial charge in [0.1, 0.15) is 35.0 Å². The zero-order chi connectivity index (χ0) is 24.6. The lowest BCUT2D eigenvalue weighted by Gasteiger charge is -2.28. The molecule has 1 fully saturated rings. The third-order valence-corrected chi connectivity index (χ3v) is 6.43. The average molecular weight is 485 g/mol. The number of nitrogens with zero attached hydrogens (tertiary/aromatic N) is 7. The molecule has 0 radical (unpaired) electrons. The first-order valence-electron chi connectivity index (χ1n) is 11.9. The second kappa shape index (κ2) is 9.03. The van der Waals surface area contributed by atoms with Crippen LogP contribution in [0.4, 0.5) is 21.8 Å². The Morgan fingerprint density at radius 3 is 2.69 bits per heavy atom. The number of ether oxygens (including phenoxy) is 1. The molecule has 182 valence electrons. The van der Waals surface area contributed by atoms with Gasteiger partial charge in [0.2, 0.25) is 5.95 Å². The van der Waals surface area contributed by atoms with Crippen LogP contribution in [0.1, 0.15) is 18.4 Å². The van der Waals surface area contributed by atoms with Crippen molar-refractivity contribution >= 4 is 39.5 Å². The van der Waals surface area contributed by atoms with E-state index in [1.165, 1.54) is 6.33 Å². The molecule has 36 heavy (non-hydrogen) atoms. The Bertz CT molecular complexity index is 1560. The smallest absolute Gasteiger partial charge is 0.226 e. The quantitative estimate of drug-likeness (QED) is 0.369. The molecular weight excluding hydrogens is 459 g/mol. The van der Waals surface area contributed by atoms with E-state index in [2.05, 4.69) is 25.3 Å². The molecule has 10 heteroatoms. The van der Waals surface area contributed by atoms with Crippen LogP contribution in [-0.2, 0) is 7.05 Å². The lowest BCUT2D eigenvalue weighted by molar-refractivity contribution is 0.276. The van der Waals surface area contributed by atoms with Gasteiger partial charge in [-0.25, -0.2) is 29.3 Å². The van der Waals surface area contributed by atoms with Gasteiger partial charge in [-0.2, -0.15) is 0 Å². The van der Waals surface area contributed by atoms with Gasteiger partial charge in [-0.15, -0.1) is 0 Å². The third-order valence-electron chi connectivity index (χ3n) is 6.43. The van der Waals surface area contributed by atoms with Crippen molar-refractivity contribution in [2.45, 2.75) is 25.9 Å². The molecule has 0 bridgehead atoms. The minimum Gasteiger partial charge on any atom is -0.457 e. The number of piperidine rings is 1. The molecule has 0 aliphatic carbocycles. The lowest BCUT2D eigenvalue weighted by Crippen LogP contribution is -2.35. The van der Waals surface area contributed by atoms with Gasteiger partial charge in [0.15, 0.2) is 5.82 Å². The SMILES string of the molecule is Cc1cc(Nc2ncnc3cnc(N4CCC(F)CC4)nc23)ccc1Oc1ccc2c(c1)ncn2C. The van der Waals surface area contributed by atoms with Crippen molar-refractivity contribution in [2.75, 3.05) is 23.3 Å². The zero-order valence-corrected chi connectivity index (χ0v) is 20.0. The molecule has 3 aromatic heterocycles. The first-order chi connectivity index (χ1) is 17.5. The predicted octanol–water partition coefficient (Wildman–Crippen LogP) is 5.09. The Labute approximate surface area is 207 Å². The number of aromatic nitrogens is 6. The van der Waals surface area contributed by atoms with Crippen LogP contribution in [0.3, 0.4) is 0 Å². The standard InChI is InChI=1S/C26H25FN8O/c1-16-11-18(3-6-23(16)36-19-4-5-22-20(12-19)31-15-34(22)2)32-25-24-21(29-14-30-25)13-28-26(33-24)35-9-7-17(27)8-10-35/h3-6,11-15,17H,7-10H2,1-2H3,(H,29,30,32). The molecule has 6 rings (SSSR count). The summed E-state index contributed by atoms with van der Waals surface area (Å²) in [6.07, 6.45) is 5.18. The van der Waals surface area contributed by atoms with Crippen LogP contribution < -0.4 is 15.0 Å². The van der Waals surface area contributed by atoms with E-state index in [1.54, 1.807) is 12.5 Å². The predicted molar refractivity (Wildman–Crippen MR) is 137 cm³/mol. The minimum absolute atomic E-state index is 0.487. The van der Waals surface area contributed by atoms with E-state index in [0.717, 1.165) is 33.8 Å². The summed E-state index contributed by atoms with van der Waals surface area (Å²) in [6, 6.07) is 11.7. The summed E-state index contributed by atoms with van der Waals surface area (Å²) < 4.78 is 21.7. The van der Waals surface area contributed by atoms with Crippen LogP contribution in [-0.4, -0.2) is 48.7 Å². The van der Waals surface area contributed by atoms with E-state index in [0.29, 0.717) is 48.7 Å². The molecule has 1 N–H and O–H groups in total. The van der Waals surface area contributed by atoms with Crippen LogP contribution in [0.5, 0.6) is 11.5 Å². The maximum Gasteiger partial charge on any atom is 0.226 e. The van der Waals surface area contributed by atoms with Crippen LogP contribution in [0.15, 0.2) is 55.2 Å². The lowest BCUT2D eigenvalue weighted by atomic mass is 10.1. The summed E-state index contributed by atoms with van der Waals surface area (Å²) >= 11 is 0. The molecule has 0 amide bonds. The van der Waals surface area contributed by atoms with E-state index in [4.69, 9.17) is 9.72 Å². The van der Waals surface area contributed by atoms with Gasteiger partial charge < -0.3 is 19.5 Å². The fourth-order valence-corrected chi connectivity index (χ4v) is 4.42. The molecule has 4 heterocycles. The summed E-state index contributed by atoms with van der Waals surface area (Å²) in [5, 5.41) is 3.35. The normalized spacial score (nSPS) is 14.5. The van der Waals surface area contributed by atoms with Gasteiger partial charge >= 0.3 is 0 Å². The van der Waals surface area contributed by atoms with Crippen molar-refractivity contribution < 1.29 is 9.13 Å². The highest BCUT2D eigenvalue weighted by atomic mass is 19.1. The highest BCUT2D eigenvalue weighted by Crippen LogP contribution is 2.31. The van der Waals surface area contributed by atoms with Gasteiger partial charge in [0.25, 0.3) is 0 Å². The van der Waals surface area contributed by atoms with Crippen LogP contribution >= 0.6 is 0 Å². The fourth-order valence-electron chi connectivity index (χ4n) is 4.42. The van der Waals surface area contributed by atoms with Crippen molar-refractivity contribution in [1.82, 2.24) is 29.5 Å². The Morgan fingerprint density at radius 1 is 1.00 bits per heavy atom.